The van der Waals surface area contributed by atoms with Gasteiger partial charge in [0.15, 0.2) is 0 Å². The Hall–Kier alpha value is -2.69. The predicted octanol–water partition coefficient (Wildman–Crippen LogP) is 3.92. The van der Waals surface area contributed by atoms with E-state index in [1.54, 1.807) is 19.9 Å². The monoisotopic (exact) mass is 299 g/mol. The third kappa shape index (κ3) is 3.49. The third-order valence-electron chi connectivity index (χ3n) is 3.57. The van der Waals surface area contributed by atoms with Gasteiger partial charge >= 0.3 is 5.97 Å². The molecule has 22 heavy (non-hydrogen) atoms. The van der Waals surface area contributed by atoms with Gasteiger partial charge in [0.25, 0.3) is 5.69 Å². The minimum absolute atomic E-state index is 0.0496. The molecule has 0 spiro atoms. The van der Waals surface area contributed by atoms with Crippen molar-refractivity contribution in [1.29, 1.82) is 0 Å². The summed E-state index contributed by atoms with van der Waals surface area (Å²) < 4.78 is 0. The normalized spacial score (nSPS) is 11.2. The number of nitro benzene ring substituents is 1. The second-order valence-corrected chi connectivity index (χ2v) is 5.87. The molecule has 114 valence electrons. The van der Waals surface area contributed by atoms with Crippen LogP contribution in [-0.2, 0) is 11.2 Å². The van der Waals surface area contributed by atoms with Crippen LogP contribution in [0.25, 0.3) is 11.1 Å². The predicted molar refractivity (Wildman–Crippen MR) is 83.7 cm³/mol. The number of rotatable bonds is 5. The van der Waals surface area contributed by atoms with Crippen molar-refractivity contribution < 1.29 is 14.8 Å². The van der Waals surface area contributed by atoms with E-state index in [2.05, 4.69) is 0 Å². The maximum Gasteiger partial charge on any atom is 0.309 e. The zero-order valence-electron chi connectivity index (χ0n) is 12.4. The average Bonchev–Trinajstić information content (AvgIpc) is 2.47. The fraction of sp³-hybridized carbons (Fsp3) is 0.235. The van der Waals surface area contributed by atoms with Crippen molar-refractivity contribution in [2.75, 3.05) is 0 Å². The highest BCUT2D eigenvalue weighted by Gasteiger charge is 2.27. The SMILES string of the molecule is CC(C)(Cc1ccc(-c2cccc([N+](=O)[O-])c2)cc1)C(=O)O. The van der Waals surface area contributed by atoms with Crippen LogP contribution in [0, 0.1) is 15.5 Å². The third-order valence-corrected chi connectivity index (χ3v) is 3.57. The Morgan fingerprint density at radius 3 is 2.32 bits per heavy atom. The zero-order valence-corrected chi connectivity index (χ0v) is 12.4. The van der Waals surface area contributed by atoms with Crippen molar-refractivity contribution in [1.82, 2.24) is 0 Å². The van der Waals surface area contributed by atoms with Gasteiger partial charge < -0.3 is 5.11 Å². The fourth-order valence-corrected chi connectivity index (χ4v) is 2.20. The van der Waals surface area contributed by atoms with Crippen LogP contribution in [0.15, 0.2) is 48.5 Å². The van der Waals surface area contributed by atoms with E-state index < -0.39 is 16.3 Å². The van der Waals surface area contributed by atoms with Gasteiger partial charge in [0, 0.05) is 12.1 Å². The van der Waals surface area contributed by atoms with E-state index in [0.29, 0.717) is 6.42 Å². The smallest absolute Gasteiger partial charge is 0.309 e. The van der Waals surface area contributed by atoms with Crippen LogP contribution in [0.2, 0.25) is 0 Å². The van der Waals surface area contributed by atoms with Gasteiger partial charge in [-0.1, -0.05) is 36.4 Å². The summed E-state index contributed by atoms with van der Waals surface area (Å²) in [6.07, 6.45) is 0.428. The maximum atomic E-state index is 11.2. The molecule has 0 aromatic heterocycles. The number of non-ortho nitro benzene ring substituents is 1. The van der Waals surface area contributed by atoms with Crippen molar-refractivity contribution in [2.45, 2.75) is 20.3 Å². The largest absolute Gasteiger partial charge is 0.481 e. The summed E-state index contributed by atoms with van der Waals surface area (Å²) in [4.78, 5) is 21.5. The van der Waals surface area contributed by atoms with Gasteiger partial charge in [-0.15, -0.1) is 0 Å². The summed E-state index contributed by atoms with van der Waals surface area (Å²) in [5.41, 5.74) is 1.77. The van der Waals surface area contributed by atoms with Crippen LogP contribution in [0.3, 0.4) is 0 Å². The Bertz CT molecular complexity index is 705. The highest BCUT2D eigenvalue weighted by Crippen LogP contribution is 2.26. The van der Waals surface area contributed by atoms with Crippen molar-refractivity contribution in [3.8, 4) is 11.1 Å². The topological polar surface area (TPSA) is 80.4 Å². The molecule has 0 bridgehead atoms. The Morgan fingerprint density at radius 2 is 1.77 bits per heavy atom. The Kier molecular flexibility index (Phi) is 4.26. The first-order valence-electron chi connectivity index (χ1n) is 6.87. The molecule has 2 aromatic rings. The Morgan fingerprint density at radius 1 is 1.14 bits per heavy atom. The van der Waals surface area contributed by atoms with Crippen molar-refractivity contribution in [2.24, 2.45) is 5.41 Å². The standard InChI is InChI=1S/C17H17NO4/c1-17(2,16(19)20)11-12-6-8-13(9-7-12)14-4-3-5-15(10-14)18(21)22/h3-10H,11H2,1-2H3,(H,19,20). The molecule has 5 nitrogen and oxygen atoms in total. The second kappa shape index (κ2) is 5.97. The van der Waals surface area contributed by atoms with E-state index in [9.17, 15) is 14.9 Å². The minimum atomic E-state index is -0.838. The van der Waals surface area contributed by atoms with E-state index >= 15 is 0 Å². The van der Waals surface area contributed by atoms with Gasteiger partial charge in [-0.2, -0.15) is 0 Å². The summed E-state index contributed by atoms with van der Waals surface area (Å²) in [6, 6.07) is 13.9. The highest BCUT2D eigenvalue weighted by atomic mass is 16.6. The lowest BCUT2D eigenvalue weighted by Crippen LogP contribution is -2.26. The van der Waals surface area contributed by atoms with Crippen LogP contribution in [0.4, 0.5) is 5.69 Å². The average molecular weight is 299 g/mol. The van der Waals surface area contributed by atoms with Gasteiger partial charge in [0.05, 0.1) is 10.3 Å². The second-order valence-electron chi connectivity index (χ2n) is 5.87. The van der Waals surface area contributed by atoms with Gasteiger partial charge in [-0.3, -0.25) is 14.9 Å². The van der Waals surface area contributed by atoms with Crippen LogP contribution < -0.4 is 0 Å². The minimum Gasteiger partial charge on any atom is -0.481 e. The number of carboxylic acid groups (broad SMARTS) is 1. The molecule has 2 rings (SSSR count). The molecule has 0 saturated heterocycles. The van der Waals surface area contributed by atoms with Crippen molar-refractivity contribution in [3.05, 3.63) is 64.2 Å². The molecule has 0 radical (unpaired) electrons. The van der Waals surface area contributed by atoms with Crippen LogP contribution in [0.5, 0.6) is 0 Å². The van der Waals surface area contributed by atoms with Gasteiger partial charge in [-0.05, 0) is 37.0 Å². The molecule has 0 saturated carbocycles. The lowest BCUT2D eigenvalue weighted by Gasteiger charge is -2.19. The number of carboxylic acids is 1. The van der Waals surface area contributed by atoms with Gasteiger partial charge in [-0.25, -0.2) is 0 Å². The Labute approximate surface area is 128 Å². The van der Waals surface area contributed by atoms with Crippen molar-refractivity contribution >= 4 is 11.7 Å². The first-order chi connectivity index (χ1) is 10.3. The number of hydrogen-bond donors (Lipinski definition) is 1. The number of carbonyl (C=O) groups is 1. The molecular weight excluding hydrogens is 282 g/mol. The molecular formula is C17H17NO4. The van der Waals surface area contributed by atoms with Gasteiger partial charge in [0.2, 0.25) is 0 Å². The lowest BCUT2D eigenvalue weighted by molar-refractivity contribution is -0.384. The van der Waals surface area contributed by atoms with Gasteiger partial charge in [0.1, 0.15) is 0 Å². The lowest BCUT2D eigenvalue weighted by atomic mass is 9.85. The molecule has 0 atom stereocenters. The molecule has 0 fully saturated rings. The van der Waals surface area contributed by atoms with E-state index in [1.807, 2.05) is 30.3 Å². The first-order valence-corrected chi connectivity index (χ1v) is 6.87. The van der Waals surface area contributed by atoms with Crippen LogP contribution in [0.1, 0.15) is 19.4 Å². The van der Waals surface area contributed by atoms with E-state index in [0.717, 1.165) is 16.7 Å². The number of hydrogen-bond acceptors (Lipinski definition) is 3. The van der Waals surface area contributed by atoms with Crippen molar-refractivity contribution in [3.63, 3.8) is 0 Å². The molecule has 2 aromatic carbocycles. The van der Waals surface area contributed by atoms with E-state index in [1.165, 1.54) is 12.1 Å². The number of nitro groups is 1. The number of aliphatic carboxylic acids is 1. The zero-order chi connectivity index (χ0) is 16.3. The maximum absolute atomic E-state index is 11.2. The summed E-state index contributed by atoms with van der Waals surface area (Å²) >= 11 is 0. The van der Waals surface area contributed by atoms with E-state index in [4.69, 9.17) is 5.11 Å². The summed E-state index contributed by atoms with van der Waals surface area (Å²) in [5.74, 6) is -0.838. The summed E-state index contributed by atoms with van der Waals surface area (Å²) in [5, 5.41) is 20.0. The first kappa shape index (κ1) is 15.7. The fourth-order valence-electron chi connectivity index (χ4n) is 2.20. The molecule has 0 aliphatic heterocycles. The summed E-state index contributed by atoms with van der Waals surface area (Å²) in [7, 11) is 0. The van der Waals surface area contributed by atoms with E-state index in [-0.39, 0.29) is 5.69 Å². The number of benzene rings is 2. The Balaban J connectivity index is 2.24. The molecule has 0 aliphatic carbocycles. The molecule has 5 heteroatoms. The molecule has 0 heterocycles. The highest BCUT2D eigenvalue weighted by molar-refractivity contribution is 5.74. The quantitative estimate of drug-likeness (QED) is 0.670. The molecule has 0 aliphatic rings. The summed E-state index contributed by atoms with van der Waals surface area (Å²) in [6.45, 7) is 3.37. The van der Waals surface area contributed by atoms with Crippen LogP contribution in [-0.4, -0.2) is 16.0 Å². The molecule has 1 N–H and O–H groups in total. The van der Waals surface area contributed by atoms with Crippen LogP contribution >= 0.6 is 0 Å². The molecule has 0 amide bonds. The number of nitrogens with zero attached hydrogens (tertiary/aromatic N) is 1. The molecule has 0 unspecified atom stereocenters.